The van der Waals surface area contributed by atoms with Gasteiger partial charge >= 0.3 is 0 Å². The van der Waals surface area contributed by atoms with E-state index in [1.807, 2.05) is 6.07 Å². The smallest absolute Gasteiger partial charge is 0.161 e. The number of fused-ring (bicyclic) bond motifs is 1. The van der Waals surface area contributed by atoms with Gasteiger partial charge in [-0.2, -0.15) is 0 Å². The van der Waals surface area contributed by atoms with Crippen LogP contribution in [-0.2, 0) is 0 Å². The third kappa shape index (κ3) is 2.52. The Morgan fingerprint density at radius 1 is 0.917 bits per heavy atom. The number of hydrogen-bond acceptors (Lipinski definition) is 5. The average Bonchev–Trinajstić information content (AvgIpc) is 2.92. The molecule has 2 aromatic carbocycles. The van der Waals surface area contributed by atoms with Gasteiger partial charge in [0.15, 0.2) is 23.0 Å². The lowest BCUT2D eigenvalue weighted by molar-refractivity contribution is 0.373. The Morgan fingerprint density at radius 2 is 1.58 bits per heavy atom. The number of hydrogen-bond donors (Lipinski definition) is 2. The normalized spacial score (nSPS) is 11.2. The van der Waals surface area contributed by atoms with E-state index in [-0.39, 0.29) is 17.4 Å². The fourth-order valence-electron chi connectivity index (χ4n) is 2.91. The van der Waals surface area contributed by atoms with E-state index in [9.17, 15) is 10.2 Å². The minimum Gasteiger partial charge on any atom is -0.504 e. The van der Waals surface area contributed by atoms with E-state index in [0.29, 0.717) is 22.8 Å². The summed E-state index contributed by atoms with van der Waals surface area (Å²) >= 11 is 0. The molecule has 0 saturated heterocycles. The number of furan rings is 1. The fraction of sp³-hybridized carbons (Fsp3) is 0.263. The Hall–Kier alpha value is -2.82. The molecule has 3 rings (SSSR count). The number of ether oxygens (including phenoxy) is 2. The first-order chi connectivity index (χ1) is 11.5. The number of phenols is 2. The van der Waals surface area contributed by atoms with Gasteiger partial charge in [0.1, 0.15) is 11.3 Å². The highest BCUT2D eigenvalue weighted by atomic mass is 16.5. The second-order valence-electron chi connectivity index (χ2n) is 5.91. The van der Waals surface area contributed by atoms with Crippen LogP contribution in [0.2, 0.25) is 0 Å². The Balaban J connectivity index is 2.27. The predicted octanol–water partition coefficient (Wildman–Crippen LogP) is 4.65. The third-order valence-electron chi connectivity index (χ3n) is 4.05. The van der Waals surface area contributed by atoms with Gasteiger partial charge in [-0.15, -0.1) is 0 Å². The molecule has 0 atom stereocenters. The Bertz CT molecular complexity index is 892. The van der Waals surface area contributed by atoms with Crippen LogP contribution in [0.15, 0.2) is 34.7 Å². The van der Waals surface area contributed by atoms with E-state index in [4.69, 9.17) is 13.9 Å². The summed E-state index contributed by atoms with van der Waals surface area (Å²) in [5.41, 5.74) is 2.31. The van der Waals surface area contributed by atoms with E-state index in [1.54, 1.807) is 24.3 Å². The highest BCUT2D eigenvalue weighted by Crippen LogP contribution is 2.43. The van der Waals surface area contributed by atoms with Crippen molar-refractivity contribution in [2.75, 3.05) is 14.2 Å². The van der Waals surface area contributed by atoms with Crippen molar-refractivity contribution in [3.05, 3.63) is 35.9 Å². The highest BCUT2D eigenvalue weighted by Gasteiger charge is 2.21. The number of phenolic OH excluding ortho intramolecular Hbond substituents is 2. The van der Waals surface area contributed by atoms with Gasteiger partial charge in [-0.05, 0) is 30.2 Å². The van der Waals surface area contributed by atoms with Crippen molar-refractivity contribution in [2.45, 2.75) is 19.8 Å². The first-order valence-corrected chi connectivity index (χ1v) is 7.67. The van der Waals surface area contributed by atoms with E-state index >= 15 is 0 Å². The molecule has 5 nitrogen and oxygen atoms in total. The lowest BCUT2D eigenvalue weighted by Crippen LogP contribution is -1.90. The van der Waals surface area contributed by atoms with Crippen molar-refractivity contribution < 1.29 is 24.1 Å². The largest absolute Gasteiger partial charge is 0.504 e. The quantitative estimate of drug-likeness (QED) is 0.729. The SMILES string of the molecule is COc1ccc(-c2oc3cc(O)c(OC)cc3c2C(C)C)cc1O. The summed E-state index contributed by atoms with van der Waals surface area (Å²) in [5, 5.41) is 20.9. The summed E-state index contributed by atoms with van der Waals surface area (Å²) in [6.07, 6.45) is 0. The zero-order chi connectivity index (χ0) is 17.4. The maximum Gasteiger partial charge on any atom is 0.161 e. The molecule has 0 saturated carbocycles. The zero-order valence-electron chi connectivity index (χ0n) is 14.1. The standard InChI is InChI=1S/C19H20O5/c1-10(2)18-12-8-17(23-4)14(21)9-16(12)24-19(18)11-5-6-15(22-3)13(20)7-11/h5-10,20-21H,1-4H3. The zero-order valence-corrected chi connectivity index (χ0v) is 14.1. The summed E-state index contributed by atoms with van der Waals surface area (Å²) in [6, 6.07) is 8.46. The summed E-state index contributed by atoms with van der Waals surface area (Å²) in [6.45, 7) is 4.13. The maximum atomic E-state index is 10.1. The molecule has 3 aromatic rings. The van der Waals surface area contributed by atoms with Gasteiger partial charge in [0.25, 0.3) is 0 Å². The van der Waals surface area contributed by atoms with Crippen LogP contribution in [0.5, 0.6) is 23.0 Å². The van der Waals surface area contributed by atoms with Gasteiger partial charge < -0.3 is 24.1 Å². The molecular weight excluding hydrogens is 308 g/mol. The Morgan fingerprint density at radius 3 is 2.17 bits per heavy atom. The van der Waals surface area contributed by atoms with Gasteiger partial charge in [-0.25, -0.2) is 0 Å². The van der Waals surface area contributed by atoms with Crippen LogP contribution in [-0.4, -0.2) is 24.4 Å². The topological polar surface area (TPSA) is 72.1 Å². The van der Waals surface area contributed by atoms with E-state index in [2.05, 4.69) is 13.8 Å². The van der Waals surface area contributed by atoms with Crippen molar-refractivity contribution in [1.29, 1.82) is 0 Å². The van der Waals surface area contributed by atoms with Crippen LogP contribution >= 0.6 is 0 Å². The number of methoxy groups -OCH3 is 2. The van der Waals surface area contributed by atoms with Crippen LogP contribution in [0.4, 0.5) is 0 Å². The second-order valence-corrected chi connectivity index (χ2v) is 5.91. The molecular formula is C19H20O5. The lowest BCUT2D eigenvalue weighted by atomic mass is 9.96. The molecule has 5 heteroatoms. The Kier molecular flexibility index (Phi) is 4.01. The molecule has 0 radical (unpaired) electrons. The molecule has 2 N–H and O–H groups in total. The van der Waals surface area contributed by atoms with Gasteiger partial charge in [0.05, 0.1) is 14.2 Å². The first-order valence-electron chi connectivity index (χ1n) is 7.67. The molecule has 0 aliphatic heterocycles. The monoisotopic (exact) mass is 328 g/mol. The summed E-state index contributed by atoms with van der Waals surface area (Å²) in [5.74, 6) is 1.71. The highest BCUT2D eigenvalue weighted by molar-refractivity contribution is 5.91. The molecule has 1 heterocycles. The predicted molar refractivity (Wildman–Crippen MR) is 92.2 cm³/mol. The van der Waals surface area contributed by atoms with Crippen LogP contribution in [0.1, 0.15) is 25.3 Å². The molecule has 0 aliphatic rings. The fourth-order valence-corrected chi connectivity index (χ4v) is 2.91. The molecule has 0 unspecified atom stereocenters. The Labute approximate surface area is 140 Å². The minimum atomic E-state index is 0.0261. The molecule has 0 fully saturated rings. The van der Waals surface area contributed by atoms with Crippen molar-refractivity contribution in [3.63, 3.8) is 0 Å². The van der Waals surface area contributed by atoms with E-state index in [0.717, 1.165) is 16.5 Å². The molecule has 0 bridgehead atoms. The average molecular weight is 328 g/mol. The van der Waals surface area contributed by atoms with Crippen LogP contribution < -0.4 is 9.47 Å². The van der Waals surface area contributed by atoms with Gasteiger partial charge in [-0.1, -0.05) is 13.8 Å². The summed E-state index contributed by atoms with van der Waals surface area (Å²) in [7, 11) is 3.02. The van der Waals surface area contributed by atoms with Crippen molar-refractivity contribution in [2.24, 2.45) is 0 Å². The van der Waals surface area contributed by atoms with Crippen molar-refractivity contribution in [3.8, 4) is 34.3 Å². The summed E-state index contributed by atoms with van der Waals surface area (Å²) in [4.78, 5) is 0. The number of aromatic hydroxyl groups is 2. The molecule has 24 heavy (non-hydrogen) atoms. The lowest BCUT2D eigenvalue weighted by Gasteiger charge is -2.09. The number of rotatable bonds is 4. The number of benzene rings is 2. The minimum absolute atomic E-state index is 0.0261. The van der Waals surface area contributed by atoms with Gasteiger partial charge in [-0.3, -0.25) is 0 Å². The third-order valence-corrected chi connectivity index (χ3v) is 4.05. The van der Waals surface area contributed by atoms with Crippen LogP contribution in [0.25, 0.3) is 22.3 Å². The van der Waals surface area contributed by atoms with E-state index in [1.165, 1.54) is 14.2 Å². The molecule has 0 amide bonds. The van der Waals surface area contributed by atoms with Crippen LogP contribution in [0.3, 0.4) is 0 Å². The van der Waals surface area contributed by atoms with Crippen molar-refractivity contribution >= 4 is 11.0 Å². The van der Waals surface area contributed by atoms with Gasteiger partial charge in [0.2, 0.25) is 0 Å². The van der Waals surface area contributed by atoms with Crippen molar-refractivity contribution in [1.82, 2.24) is 0 Å². The first kappa shape index (κ1) is 16.1. The maximum absolute atomic E-state index is 10.1. The molecule has 1 aromatic heterocycles. The van der Waals surface area contributed by atoms with E-state index < -0.39 is 0 Å². The molecule has 0 aliphatic carbocycles. The van der Waals surface area contributed by atoms with Gasteiger partial charge in [0, 0.05) is 22.6 Å². The molecule has 0 spiro atoms. The van der Waals surface area contributed by atoms with Crippen LogP contribution in [0, 0.1) is 0 Å². The molecule has 126 valence electrons. The summed E-state index contributed by atoms with van der Waals surface area (Å²) < 4.78 is 16.3. The second kappa shape index (κ2) is 6.00.